The number of nitrogens with two attached hydrogens (primary N) is 1. The molecule has 0 atom stereocenters. The zero-order chi connectivity index (χ0) is 23.0. The lowest BCUT2D eigenvalue weighted by molar-refractivity contribution is 0.0655. The third-order valence-corrected chi connectivity index (χ3v) is 6.68. The molecule has 162 valence electrons. The Labute approximate surface area is 188 Å². The van der Waals surface area contributed by atoms with Crippen molar-refractivity contribution in [2.24, 2.45) is 5.73 Å². The van der Waals surface area contributed by atoms with Crippen LogP contribution in [0.2, 0.25) is 0 Å². The molecule has 3 N–H and O–H groups in total. The Hall–Kier alpha value is -3.78. The Morgan fingerprint density at radius 2 is 1.69 bits per heavy atom. The number of nitrogens with zero attached hydrogens (tertiary/aromatic N) is 1. The number of hydrogen-bond acceptors (Lipinski definition) is 5. The predicted octanol–water partition coefficient (Wildman–Crippen LogP) is 3.55. The molecule has 0 radical (unpaired) electrons. The number of imide groups is 1. The van der Waals surface area contributed by atoms with Crippen LogP contribution in [0, 0.1) is 13.8 Å². The van der Waals surface area contributed by atoms with Gasteiger partial charge in [0, 0.05) is 17.0 Å². The van der Waals surface area contributed by atoms with Crippen LogP contribution in [0.4, 0.5) is 5.00 Å². The number of primary amides is 1. The van der Waals surface area contributed by atoms with Gasteiger partial charge in [0.15, 0.2) is 0 Å². The number of fused-ring (bicyclic) bond motifs is 1. The van der Waals surface area contributed by atoms with Gasteiger partial charge >= 0.3 is 0 Å². The maximum atomic E-state index is 12.9. The maximum absolute atomic E-state index is 12.9. The van der Waals surface area contributed by atoms with Gasteiger partial charge in [0.1, 0.15) is 5.00 Å². The average molecular weight is 448 g/mol. The van der Waals surface area contributed by atoms with Crippen molar-refractivity contribution in [3.8, 4) is 0 Å². The van der Waals surface area contributed by atoms with Crippen molar-refractivity contribution >= 4 is 40.0 Å². The molecule has 0 bridgehead atoms. The van der Waals surface area contributed by atoms with E-state index in [0.717, 1.165) is 16.0 Å². The van der Waals surface area contributed by atoms with E-state index < -0.39 is 17.7 Å². The zero-order valence-corrected chi connectivity index (χ0v) is 18.4. The lowest BCUT2D eigenvalue weighted by atomic mass is 10.1. The third-order valence-electron chi connectivity index (χ3n) is 5.56. The largest absolute Gasteiger partial charge is 0.365 e. The van der Waals surface area contributed by atoms with E-state index in [2.05, 4.69) is 5.32 Å². The van der Waals surface area contributed by atoms with Gasteiger partial charge in [0.25, 0.3) is 23.6 Å². The van der Waals surface area contributed by atoms with Crippen molar-refractivity contribution in [2.75, 3.05) is 11.9 Å². The first-order chi connectivity index (χ1) is 15.3. The number of rotatable bonds is 6. The molecule has 0 aliphatic carbocycles. The Kier molecular flexibility index (Phi) is 5.63. The van der Waals surface area contributed by atoms with Crippen molar-refractivity contribution < 1.29 is 19.2 Å². The predicted molar refractivity (Wildman–Crippen MR) is 122 cm³/mol. The summed E-state index contributed by atoms with van der Waals surface area (Å²) in [5, 5.41) is 3.08. The first-order valence-corrected chi connectivity index (χ1v) is 10.8. The Bertz CT molecular complexity index is 1260. The molecule has 4 rings (SSSR count). The summed E-state index contributed by atoms with van der Waals surface area (Å²) in [4.78, 5) is 52.3. The van der Waals surface area contributed by atoms with E-state index in [-0.39, 0.29) is 34.7 Å². The standard InChI is InChI=1S/C24H21N3O4S/c1-13-14(2)32-22(19(13)20(25)28)26-21(29)16-8-9-17-18(12-16)24(31)27(23(17)30)11-10-15-6-4-3-5-7-15/h3-9,12H,10-11H2,1-2H3,(H2,25,28)(H,26,29). The van der Waals surface area contributed by atoms with E-state index >= 15 is 0 Å². The van der Waals surface area contributed by atoms with E-state index in [1.54, 1.807) is 6.92 Å². The van der Waals surface area contributed by atoms with Crippen molar-refractivity contribution in [1.29, 1.82) is 0 Å². The van der Waals surface area contributed by atoms with Gasteiger partial charge in [-0.05, 0) is 49.6 Å². The normalized spacial score (nSPS) is 12.8. The highest BCUT2D eigenvalue weighted by molar-refractivity contribution is 7.16. The Balaban J connectivity index is 1.54. The number of nitrogens with one attached hydrogen (secondary N) is 1. The van der Waals surface area contributed by atoms with E-state index in [1.807, 2.05) is 37.3 Å². The molecule has 0 unspecified atom stereocenters. The van der Waals surface area contributed by atoms with Crippen molar-refractivity contribution in [2.45, 2.75) is 20.3 Å². The quantitative estimate of drug-likeness (QED) is 0.563. The molecule has 0 fully saturated rings. The SMILES string of the molecule is Cc1sc(NC(=O)c2ccc3c(c2)C(=O)N(CCc2ccccc2)C3=O)c(C(N)=O)c1C. The number of thiophene rings is 1. The number of hydrogen-bond donors (Lipinski definition) is 2. The summed E-state index contributed by atoms with van der Waals surface area (Å²) < 4.78 is 0. The van der Waals surface area contributed by atoms with E-state index in [1.165, 1.54) is 34.4 Å². The molecule has 8 heteroatoms. The van der Waals surface area contributed by atoms with Gasteiger partial charge in [0.2, 0.25) is 0 Å². The molecule has 1 aliphatic heterocycles. The van der Waals surface area contributed by atoms with Gasteiger partial charge in [-0.1, -0.05) is 30.3 Å². The number of carbonyl (C=O) groups is 4. The van der Waals surface area contributed by atoms with Gasteiger partial charge < -0.3 is 11.1 Å². The molecule has 1 aliphatic rings. The third kappa shape index (κ3) is 3.80. The highest BCUT2D eigenvalue weighted by Crippen LogP contribution is 2.32. The summed E-state index contributed by atoms with van der Waals surface area (Å²) in [6, 6.07) is 14.0. The minimum absolute atomic E-state index is 0.198. The van der Waals surface area contributed by atoms with E-state index in [0.29, 0.717) is 11.4 Å². The molecule has 0 saturated heterocycles. The van der Waals surface area contributed by atoms with Crippen LogP contribution < -0.4 is 11.1 Å². The van der Waals surface area contributed by atoms with Crippen LogP contribution in [0.15, 0.2) is 48.5 Å². The molecule has 0 spiro atoms. The van der Waals surface area contributed by atoms with E-state index in [9.17, 15) is 19.2 Å². The molecule has 4 amide bonds. The molecule has 2 heterocycles. The van der Waals surface area contributed by atoms with Crippen LogP contribution in [0.5, 0.6) is 0 Å². The minimum atomic E-state index is -0.620. The van der Waals surface area contributed by atoms with Crippen LogP contribution in [-0.2, 0) is 6.42 Å². The molecular formula is C24H21N3O4S. The highest BCUT2D eigenvalue weighted by Gasteiger charge is 2.35. The monoisotopic (exact) mass is 447 g/mol. The van der Waals surface area contributed by atoms with E-state index in [4.69, 9.17) is 5.73 Å². The fraction of sp³-hybridized carbons (Fsp3) is 0.167. The fourth-order valence-corrected chi connectivity index (χ4v) is 4.77. The highest BCUT2D eigenvalue weighted by atomic mass is 32.1. The second-order valence-corrected chi connectivity index (χ2v) is 8.79. The lowest BCUT2D eigenvalue weighted by Gasteiger charge is -2.13. The summed E-state index contributed by atoms with van der Waals surface area (Å²) in [6.07, 6.45) is 0.548. The van der Waals surface area contributed by atoms with Crippen molar-refractivity contribution in [3.05, 3.63) is 86.8 Å². The van der Waals surface area contributed by atoms with Crippen molar-refractivity contribution in [1.82, 2.24) is 4.90 Å². The number of anilines is 1. The lowest BCUT2D eigenvalue weighted by Crippen LogP contribution is -2.31. The second-order valence-electron chi connectivity index (χ2n) is 7.56. The van der Waals surface area contributed by atoms with Crippen molar-refractivity contribution in [3.63, 3.8) is 0 Å². The minimum Gasteiger partial charge on any atom is -0.365 e. The zero-order valence-electron chi connectivity index (χ0n) is 17.6. The second kappa shape index (κ2) is 8.39. The van der Waals surface area contributed by atoms with Gasteiger partial charge in [-0.3, -0.25) is 24.1 Å². The topological polar surface area (TPSA) is 110 Å². The van der Waals surface area contributed by atoms with Gasteiger partial charge in [-0.15, -0.1) is 11.3 Å². The summed E-state index contributed by atoms with van der Waals surface area (Å²) in [5.74, 6) is -1.89. The summed E-state index contributed by atoms with van der Waals surface area (Å²) in [6.45, 7) is 3.87. The van der Waals surface area contributed by atoms with Crippen LogP contribution in [-0.4, -0.2) is 35.1 Å². The van der Waals surface area contributed by atoms with Gasteiger partial charge in [0.05, 0.1) is 16.7 Å². The molecule has 32 heavy (non-hydrogen) atoms. The fourth-order valence-electron chi connectivity index (χ4n) is 3.71. The summed E-state index contributed by atoms with van der Waals surface area (Å²) in [7, 11) is 0. The van der Waals surface area contributed by atoms with Crippen LogP contribution >= 0.6 is 11.3 Å². The summed E-state index contributed by atoms with van der Waals surface area (Å²) >= 11 is 1.26. The summed E-state index contributed by atoms with van der Waals surface area (Å²) in [5.41, 5.74) is 8.18. The van der Waals surface area contributed by atoms with Gasteiger partial charge in [-0.25, -0.2) is 0 Å². The molecular weight excluding hydrogens is 426 g/mol. The number of aryl methyl sites for hydroxylation is 1. The first kappa shape index (κ1) is 21.5. The molecule has 0 saturated carbocycles. The first-order valence-electron chi connectivity index (χ1n) is 10.0. The average Bonchev–Trinajstić information content (AvgIpc) is 3.19. The molecule has 3 aromatic rings. The number of carbonyl (C=O) groups excluding carboxylic acids is 4. The number of benzene rings is 2. The Morgan fingerprint density at radius 1 is 1.00 bits per heavy atom. The maximum Gasteiger partial charge on any atom is 0.261 e. The van der Waals surface area contributed by atoms with Gasteiger partial charge in [-0.2, -0.15) is 0 Å². The Morgan fingerprint density at radius 3 is 2.38 bits per heavy atom. The number of amides is 4. The smallest absolute Gasteiger partial charge is 0.261 e. The van der Waals surface area contributed by atoms with Crippen LogP contribution in [0.25, 0.3) is 0 Å². The molecule has 2 aromatic carbocycles. The van der Waals surface area contributed by atoms with Crippen LogP contribution in [0.3, 0.4) is 0 Å². The molecule has 7 nitrogen and oxygen atoms in total. The molecule has 1 aromatic heterocycles. The van der Waals surface area contributed by atoms with Crippen LogP contribution in [0.1, 0.15) is 57.4 Å².